The summed E-state index contributed by atoms with van der Waals surface area (Å²) in [5.41, 5.74) is 0. The summed E-state index contributed by atoms with van der Waals surface area (Å²) < 4.78 is 61.2. The molecule has 8 aliphatic heterocycles. The summed E-state index contributed by atoms with van der Waals surface area (Å²) in [5, 5.41) is 306. The van der Waals surface area contributed by atoms with E-state index < -0.39 is 299 Å². The Kier molecular flexibility index (Phi) is 31.5. The largest absolute Gasteiger partial charge is 0.394 e. The van der Waals surface area contributed by atoms with Crippen molar-refractivity contribution in [2.45, 2.75) is 239 Å². The lowest BCUT2D eigenvalue weighted by Crippen LogP contribution is -2.64. The van der Waals surface area contributed by atoms with Crippen LogP contribution in [0.2, 0.25) is 0 Å². The average molecular weight is 1370 g/mol. The summed E-state index contributed by atoms with van der Waals surface area (Å²) in [5.74, 6) is -2.22. The van der Waals surface area contributed by atoms with Crippen molar-refractivity contribution in [2.24, 2.45) is 0 Å². The van der Waals surface area contributed by atoms with E-state index in [1.807, 2.05) is 0 Å². The van der Waals surface area contributed by atoms with E-state index in [2.05, 4.69) is 0 Å². The molecule has 44 nitrogen and oxygen atoms in total. The maximum atomic E-state index is 10.00. The van der Waals surface area contributed by atoms with Crippen molar-refractivity contribution in [3.8, 4) is 0 Å². The quantitative estimate of drug-likeness (QED) is 0.0643. The maximum absolute atomic E-state index is 10.00. The van der Waals surface area contributed by atoms with Crippen molar-refractivity contribution in [1.29, 1.82) is 0 Å². The second-order valence-electron chi connectivity index (χ2n) is 22.1. The second-order valence-corrected chi connectivity index (χ2v) is 22.1. The first kappa shape index (κ1) is 80.9. The highest BCUT2D eigenvalue weighted by Gasteiger charge is 2.59. The van der Waals surface area contributed by atoms with Crippen molar-refractivity contribution < 1.29 is 220 Å². The van der Waals surface area contributed by atoms with Gasteiger partial charge in [-0.2, -0.15) is 0 Å². The predicted molar refractivity (Wildman–Crippen MR) is 274 cm³/mol. The van der Waals surface area contributed by atoms with Gasteiger partial charge in [-0.05, 0) is 0 Å². The Bertz CT molecular complexity index is 1920. The van der Waals surface area contributed by atoms with Gasteiger partial charge in [0.25, 0.3) is 0 Å². The van der Waals surface area contributed by atoms with Crippen molar-refractivity contribution in [3.05, 3.63) is 0 Å². The second kappa shape index (κ2) is 35.8. The zero-order valence-electron chi connectivity index (χ0n) is 48.0. The van der Waals surface area contributed by atoms with Crippen LogP contribution in [0.4, 0.5) is 0 Å². The van der Waals surface area contributed by atoms with E-state index in [9.17, 15) is 138 Å². The van der Waals surface area contributed by atoms with Gasteiger partial charge in [-0.15, -0.1) is 0 Å². The molecule has 8 fully saturated rings. The number of ether oxygens (including phenoxy) is 12. The first-order chi connectivity index (χ1) is 43.2. The summed E-state index contributed by atoms with van der Waals surface area (Å²) in [6.07, 6.45) is -59.4. The lowest BCUT2D eigenvalue weighted by Gasteiger charge is -2.45. The first-order valence-corrected chi connectivity index (χ1v) is 28.3. The smallest absolute Gasteiger partial charge is 0.224 e. The Morgan fingerprint density at radius 2 is 0.467 bits per heavy atom. The van der Waals surface area contributed by atoms with E-state index in [0.717, 1.165) is 0 Å². The Morgan fingerprint density at radius 1 is 0.228 bits per heavy atom. The van der Waals surface area contributed by atoms with Gasteiger partial charge < -0.3 is 220 Å². The molecular weight excluding hydrogens is 1280 g/mol. The van der Waals surface area contributed by atoms with Crippen molar-refractivity contribution in [1.82, 2.24) is 0 Å². The molecule has 92 heavy (non-hydrogen) atoms. The summed E-state index contributed by atoms with van der Waals surface area (Å²) in [6, 6.07) is 0. The summed E-state index contributed by atoms with van der Waals surface area (Å²) >= 11 is 0. The highest BCUT2D eigenvalue weighted by atomic mass is 16.8. The van der Waals surface area contributed by atoms with Crippen LogP contribution in [0.5, 0.6) is 0 Å². The van der Waals surface area contributed by atoms with Crippen LogP contribution in [0.3, 0.4) is 0 Å². The van der Waals surface area contributed by atoms with Crippen LogP contribution >= 0.6 is 0 Å². The van der Waals surface area contributed by atoms with Gasteiger partial charge >= 0.3 is 0 Å². The molecule has 0 aromatic heterocycles. The Balaban J connectivity index is 0.000000223. The normalized spacial score (nSPS) is 51.5. The monoisotopic (exact) mass is 1370 g/mol. The molecule has 544 valence electrons. The van der Waals surface area contributed by atoms with Crippen LogP contribution in [-0.2, 0) is 56.8 Å². The molecule has 44 heteroatoms. The van der Waals surface area contributed by atoms with E-state index in [-0.39, 0.29) is 0 Å². The number of rotatable bonds is 17. The molecule has 8 saturated heterocycles. The molecule has 8 heterocycles. The van der Waals surface area contributed by atoms with Crippen LogP contribution in [0, 0.1) is 0 Å². The molecule has 32 N–H and O–H groups in total. The van der Waals surface area contributed by atoms with Crippen molar-refractivity contribution >= 4 is 0 Å². The standard InChI is InChI=1S/4C12H22O11/c13-1-4-6(16)8(18)9(19)11(21-4)23-12(3-15)10(20)7(17)5(2-14)22-12;3*13-1-3-5(15)6(16)9(19)12(22-3)23-10-4(2-14)21-11(20)8(18)7(10)17/h4-11,13-20H,1-3H2;3*3-20H,1-2H2/t4-,5-,6-,7-,8+,9-,10+,11-,12+;3*3-,4-,5-,6+,7-,8-,9-,10-,11-,12-/m1111/s1. The lowest BCUT2D eigenvalue weighted by atomic mass is 9.97. The zero-order chi connectivity index (χ0) is 69.3. The van der Waals surface area contributed by atoms with Crippen molar-refractivity contribution in [2.75, 3.05) is 59.5 Å². The van der Waals surface area contributed by atoms with Crippen LogP contribution < -0.4 is 0 Å². The van der Waals surface area contributed by atoms with E-state index in [1.165, 1.54) is 0 Å². The number of aliphatic hydroxyl groups is 32. The maximum Gasteiger partial charge on any atom is 0.224 e. The predicted octanol–water partition coefficient (Wildman–Crippen LogP) is -21.6. The summed E-state index contributed by atoms with van der Waals surface area (Å²) in [6.45, 7) is -6.36. The van der Waals surface area contributed by atoms with E-state index in [4.69, 9.17) is 82.4 Å². The fourth-order valence-corrected chi connectivity index (χ4v) is 10.3. The average Bonchev–Trinajstić information content (AvgIpc) is 1.50. The molecule has 0 amide bonds. The van der Waals surface area contributed by atoms with Crippen LogP contribution in [-0.4, -0.2) is 462 Å². The highest BCUT2D eigenvalue weighted by molar-refractivity contribution is 5.00. The minimum atomic E-state index is -2.22. The Morgan fingerprint density at radius 3 is 0.696 bits per heavy atom. The van der Waals surface area contributed by atoms with Crippen molar-refractivity contribution in [3.63, 3.8) is 0 Å². The SMILES string of the molecule is OC[C@H]1O[C@@](CO)(O[C@H]2O[C@H](CO)[C@@H](O)[C@H](O)[C@H]2O)[C@@H](O)[C@@H]1O.OC[C@H]1O[C@H](O[C@H]2[C@H](O)[C@@H](O)[C@H](O)O[C@@H]2CO)[C@H](O)[C@@H](O)[C@@H]1O.OC[C@H]1O[C@H](O[C@H]2[C@H](O)[C@@H](O)[C@H](O)O[C@@H]2CO)[C@H](O)[C@@H](O)[C@@H]1O.OC[C@H]1O[C@H](O[C@H]2[C@H](O)[C@@H](O)[C@H](O)O[C@@H]2CO)[C@H](O)[C@@H](O)[C@@H]1O. The van der Waals surface area contributed by atoms with E-state index in [0.29, 0.717) is 0 Å². The lowest BCUT2D eigenvalue weighted by molar-refractivity contribution is -0.383. The molecule has 0 radical (unpaired) electrons. The fourth-order valence-electron chi connectivity index (χ4n) is 10.3. The third kappa shape index (κ3) is 18.0. The van der Waals surface area contributed by atoms with Crippen LogP contribution in [0.25, 0.3) is 0 Å². The van der Waals surface area contributed by atoms with Gasteiger partial charge in [-0.3, -0.25) is 0 Å². The Labute approximate surface area is 518 Å². The zero-order valence-corrected chi connectivity index (χ0v) is 48.0. The highest BCUT2D eigenvalue weighted by Crippen LogP contribution is 2.37. The summed E-state index contributed by atoms with van der Waals surface area (Å²) in [4.78, 5) is 0. The van der Waals surface area contributed by atoms with Gasteiger partial charge in [-0.1, -0.05) is 0 Å². The molecular formula is C48H88O44. The number of aliphatic hydroxyl groups excluding tert-OH is 32. The Hall–Kier alpha value is -1.76. The molecule has 0 bridgehead atoms. The third-order valence-electron chi connectivity index (χ3n) is 16.0. The molecule has 0 aliphatic carbocycles. The molecule has 0 aromatic rings. The molecule has 39 atom stereocenters. The van der Waals surface area contributed by atoms with Gasteiger partial charge in [0.1, 0.15) is 196 Å². The van der Waals surface area contributed by atoms with Gasteiger partial charge in [0.05, 0.1) is 52.9 Å². The topological polar surface area (TPSA) is 758 Å². The molecule has 0 saturated carbocycles. The fraction of sp³-hybridized carbons (Fsp3) is 1.00. The van der Waals surface area contributed by atoms with Gasteiger partial charge in [0, 0.05) is 0 Å². The number of hydrogen-bond donors (Lipinski definition) is 32. The minimum absolute atomic E-state index is 0.667. The summed E-state index contributed by atoms with van der Waals surface area (Å²) in [7, 11) is 0. The number of hydrogen-bond acceptors (Lipinski definition) is 44. The van der Waals surface area contributed by atoms with E-state index in [1.54, 1.807) is 0 Å². The first-order valence-electron chi connectivity index (χ1n) is 28.3. The van der Waals surface area contributed by atoms with Gasteiger partial charge in [0.15, 0.2) is 44.0 Å². The third-order valence-corrected chi connectivity index (χ3v) is 16.0. The van der Waals surface area contributed by atoms with Crippen LogP contribution in [0.1, 0.15) is 0 Å². The molecule has 8 rings (SSSR count). The minimum Gasteiger partial charge on any atom is -0.394 e. The van der Waals surface area contributed by atoms with Crippen LogP contribution in [0.15, 0.2) is 0 Å². The van der Waals surface area contributed by atoms with E-state index >= 15 is 0 Å². The molecule has 0 unspecified atom stereocenters. The van der Waals surface area contributed by atoms with Gasteiger partial charge in [-0.25, -0.2) is 0 Å². The molecule has 0 aromatic carbocycles. The molecule has 0 spiro atoms. The molecule has 8 aliphatic rings. The van der Waals surface area contributed by atoms with Gasteiger partial charge in [0.2, 0.25) is 5.79 Å².